The van der Waals surface area contributed by atoms with Gasteiger partial charge in [-0.15, -0.1) is 0 Å². The van der Waals surface area contributed by atoms with E-state index >= 15 is 0 Å². The molecule has 4 aromatic rings. The van der Waals surface area contributed by atoms with Gasteiger partial charge in [0.05, 0.1) is 22.8 Å². The molecule has 0 spiro atoms. The molecule has 0 bridgehead atoms. The molecule has 2 N–H and O–H groups in total. The molecule has 0 aliphatic heterocycles. The van der Waals surface area contributed by atoms with Crippen molar-refractivity contribution < 1.29 is 0 Å². The van der Waals surface area contributed by atoms with Crippen molar-refractivity contribution in [2.24, 2.45) is 9.98 Å². The molecule has 0 amide bonds. The van der Waals surface area contributed by atoms with Crippen molar-refractivity contribution in [3.63, 3.8) is 0 Å². The molecule has 0 saturated heterocycles. The molecule has 0 aromatic heterocycles. The number of para-hydroxylation sites is 2. The third-order valence-corrected chi connectivity index (χ3v) is 4.98. The van der Waals surface area contributed by atoms with Crippen LogP contribution in [0.1, 0.15) is 13.8 Å². The Morgan fingerprint density at radius 3 is 1.09 bits per heavy atom. The van der Waals surface area contributed by atoms with Crippen molar-refractivity contribution in [1.82, 2.24) is 0 Å². The molecule has 0 unspecified atom stereocenters. The molecule has 0 aliphatic rings. The van der Waals surface area contributed by atoms with Crippen LogP contribution in [0.25, 0.3) is 0 Å². The predicted octanol–water partition coefficient (Wildman–Crippen LogP) is 8.06. The highest BCUT2D eigenvalue weighted by molar-refractivity contribution is 6.41. The SMILES string of the molecule is CC(=N/c1ccc(Nc2ccccc2)cc1)/C(C)=N/c1ccc(Nc2ccccc2)cc1. The van der Waals surface area contributed by atoms with Gasteiger partial charge in [0.25, 0.3) is 0 Å². The Labute approximate surface area is 189 Å². The van der Waals surface area contributed by atoms with Crippen molar-refractivity contribution in [2.45, 2.75) is 13.8 Å². The monoisotopic (exact) mass is 418 g/mol. The van der Waals surface area contributed by atoms with Gasteiger partial charge in [0.1, 0.15) is 0 Å². The van der Waals surface area contributed by atoms with Gasteiger partial charge in [-0.05, 0) is 86.6 Å². The second kappa shape index (κ2) is 10.2. The van der Waals surface area contributed by atoms with Crippen LogP contribution in [0.5, 0.6) is 0 Å². The Balaban J connectivity index is 1.40. The highest BCUT2D eigenvalue weighted by Gasteiger charge is 2.01. The second-order valence-corrected chi connectivity index (χ2v) is 7.47. The summed E-state index contributed by atoms with van der Waals surface area (Å²) < 4.78 is 0. The van der Waals surface area contributed by atoms with Gasteiger partial charge < -0.3 is 10.6 Å². The first kappa shape index (κ1) is 21.1. The van der Waals surface area contributed by atoms with E-state index in [1.165, 1.54) is 0 Å². The number of nitrogens with one attached hydrogen (secondary N) is 2. The van der Waals surface area contributed by atoms with Gasteiger partial charge in [0.15, 0.2) is 0 Å². The fourth-order valence-corrected chi connectivity index (χ4v) is 3.16. The minimum atomic E-state index is 0.889. The fraction of sp³-hybridized carbons (Fsp3) is 0.0714. The van der Waals surface area contributed by atoms with Gasteiger partial charge >= 0.3 is 0 Å². The maximum atomic E-state index is 4.72. The highest BCUT2D eigenvalue weighted by atomic mass is 14.9. The summed E-state index contributed by atoms with van der Waals surface area (Å²) in [4.78, 5) is 9.44. The lowest BCUT2D eigenvalue weighted by atomic mass is 10.2. The molecule has 0 fully saturated rings. The fourth-order valence-electron chi connectivity index (χ4n) is 3.16. The van der Waals surface area contributed by atoms with Crippen LogP contribution in [0.15, 0.2) is 119 Å². The Kier molecular flexibility index (Phi) is 6.73. The van der Waals surface area contributed by atoms with Gasteiger partial charge in [-0.2, -0.15) is 0 Å². The minimum Gasteiger partial charge on any atom is -0.356 e. The normalized spacial score (nSPS) is 11.8. The lowest BCUT2D eigenvalue weighted by Crippen LogP contribution is -2.04. The van der Waals surface area contributed by atoms with Crippen molar-refractivity contribution in [3.8, 4) is 0 Å². The van der Waals surface area contributed by atoms with E-state index in [0.29, 0.717) is 0 Å². The first-order valence-electron chi connectivity index (χ1n) is 10.6. The number of rotatable bonds is 7. The largest absolute Gasteiger partial charge is 0.356 e. The molecule has 4 aromatic carbocycles. The van der Waals surface area contributed by atoms with Crippen LogP contribution in [-0.2, 0) is 0 Å². The zero-order chi connectivity index (χ0) is 22.2. The summed E-state index contributed by atoms with van der Waals surface area (Å²) >= 11 is 0. The van der Waals surface area contributed by atoms with E-state index in [2.05, 4.69) is 10.6 Å². The third kappa shape index (κ3) is 5.92. The quantitative estimate of drug-likeness (QED) is 0.298. The number of hydrogen-bond acceptors (Lipinski definition) is 4. The van der Waals surface area contributed by atoms with Crippen LogP contribution in [0.3, 0.4) is 0 Å². The Morgan fingerprint density at radius 2 is 0.750 bits per heavy atom. The van der Waals surface area contributed by atoms with E-state index in [0.717, 1.165) is 45.5 Å². The smallest absolute Gasteiger partial charge is 0.0635 e. The molecule has 32 heavy (non-hydrogen) atoms. The molecule has 0 aliphatic carbocycles. The standard InChI is InChI=1S/C28H26N4/c1-21(29-25-13-17-27(18-14-25)31-23-9-5-3-6-10-23)22(2)30-26-15-19-28(20-16-26)32-24-11-7-4-8-12-24/h3-20,31-32H,1-2H3/b29-21-,30-22+. The number of anilines is 4. The zero-order valence-electron chi connectivity index (χ0n) is 18.3. The van der Waals surface area contributed by atoms with E-state index in [1.807, 2.05) is 123 Å². The van der Waals surface area contributed by atoms with Gasteiger partial charge in [-0.3, -0.25) is 9.98 Å². The second-order valence-electron chi connectivity index (χ2n) is 7.47. The van der Waals surface area contributed by atoms with E-state index in [-0.39, 0.29) is 0 Å². The average molecular weight is 419 g/mol. The Hall–Kier alpha value is -4.18. The van der Waals surface area contributed by atoms with Gasteiger partial charge in [0, 0.05) is 22.7 Å². The van der Waals surface area contributed by atoms with Crippen LogP contribution in [-0.4, -0.2) is 11.4 Å². The molecular formula is C28H26N4. The average Bonchev–Trinajstić information content (AvgIpc) is 2.83. The summed E-state index contributed by atoms with van der Waals surface area (Å²) in [6, 6.07) is 36.4. The van der Waals surface area contributed by atoms with Crippen LogP contribution < -0.4 is 10.6 Å². The summed E-state index contributed by atoms with van der Waals surface area (Å²) in [6.07, 6.45) is 0. The first-order valence-corrected chi connectivity index (χ1v) is 10.6. The van der Waals surface area contributed by atoms with Gasteiger partial charge in [-0.25, -0.2) is 0 Å². The maximum Gasteiger partial charge on any atom is 0.0635 e. The van der Waals surface area contributed by atoms with Crippen LogP contribution >= 0.6 is 0 Å². The molecule has 4 heteroatoms. The van der Waals surface area contributed by atoms with Gasteiger partial charge in [0.2, 0.25) is 0 Å². The van der Waals surface area contributed by atoms with E-state index in [4.69, 9.17) is 9.98 Å². The molecule has 158 valence electrons. The van der Waals surface area contributed by atoms with E-state index in [1.54, 1.807) is 0 Å². The lowest BCUT2D eigenvalue weighted by molar-refractivity contribution is 1.46. The molecule has 0 heterocycles. The molecule has 0 radical (unpaired) electrons. The van der Waals surface area contributed by atoms with Crippen molar-refractivity contribution in [2.75, 3.05) is 10.6 Å². The summed E-state index contributed by atoms with van der Waals surface area (Å²) in [7, 11) is 0. The van der Waals surface area contributed by atoms with Crippen LogP contribution in [0.4, 0.5) is 34.1 Å². The summed E-state index contributed by atoms with van der Waals surface area (Å²) in [5, 5.41) is 6.76. The Bertz CT molecular complexity index is 1100. The lowest BCUT2D eigenvalue weighted by Gasteiger charge is -2.07. The Morgan fingerprint density at radius 1 is 0.438 bits per heavy atom. The minimum absolute atomic E-state index is 0.889. The number of aliphatic imine (C=N–C) groups is 2. The number of hydrogen-bond donors (Lipinski definition) is 2. The zero-order valence-corrected chi connectivity index (χ0v) is 18.3. The predicted molar refractivity (Wildman–Crippen MR) is 138 cm³/mol. The summed E-state index contributed by atoms with van der Waals surface area (Å²) in [5.41, 5.74) is 7.77. The van der Waals surface area contributed by atoms with Crippen molar-refractivity contribution in [1.29, 1.82) is 0 Å². The molecule has 4 nitrogen and oxygen atoms in total. The number of benzene rings is 4. The van der Waals surface area contributed by atoms with Gasteiger partial charge in [-0.1, -0.05) is 36.4 Å². The molecule has 4 rings (SSSR count). The van der Waals surface area contributed by atoms with Crippen molar-refractivity contribution in [3.05, 3.63) is 109 Å². The van der Waals surface area contributed by atoms with Crippen molar-refractivity contribution >= 4 is 45.5 Å². The third-order valence-electron chi connectivity index (χ3n) is 4.98. The summed E-state index contributed by atoms with van der Waals surface area (Å²) in [6.45, 7) is 3.97. The van der Waals surface area contributed by atoms with Crippen LogP contribution in [0, 0.1) is 0 Å². The highest BCUT2D eigenvalue weighted by Crippen LogP contribution is 2.22. The number of nitrogens with zero attached hydrogens (tertiary/aromatic N) is 2. The molecular weight excluding hydrogens is 392 g/mol. The summed E-state index contributed by atoms with van der Waals surface area (Å²) in [5.74, 6) is 0. The first-order chi connectivity index (χ1) is 15.7. The molecule has 0 atom stereocenters. The molecule has 0 saturated carbocycles. The van der Waals surface area contributed by atoms with Crippen LogP contribution in [0.2, 0.25) is 0 Å². The topological polar surface area (TPSA) is 48.8 Å². The van der Waals surface area contributed by atoms with E-state index in [9.17, 15) is 0 Å². The maximum absolute atomic E-state index is 4.72. The van der Waals surface area contributed by atoms with E-state index < -0.39 is 0 Å².